The van der Waals surface area contributed by atoms with Crippen LogP contribution in [0.15, 0.2) is 12.2 Å². The van der Waals surface area contributed by atoms with Crippen molar-refractivity contribution in [3.05, 3.63) is 12.2 Å². The van der Waals surface area contributed by atoms with Crippen LogP contribution >= 0.6 is 7.82 Å². The van der Waals surface area contributed by atoms with Gasteiger partial charge in [0.2, 0.25) is 5.91 Å². The summed E-state index contributed by atoms with van der Waals surface area (Å²) in [4.78, 5) is 25.5. The monoisotopic (exact) mass is 971 g/mol. The number of nitrogens with zero attached hydrogens (tertiary/aromatic N) is 1. The van der Waals surface area contributed by atoms with E-state index in [0.717, 1.165) is 32.1 Å². The van der Waals surface area contributed by atoms with Crippen molar-refractivity contribution in [2.45, 2.75) is 308 Å². The van der Waals surface area contributed by atoms with Crippen LogP contribution in [-0.2, 0) is 18.4 Å². The van der Waals surface area contributed by atoms with Crippen molar-refractivity contribution in [1.82, 2.24) is 5.32 Å². The summed E-state index contributed by atoms with van der Waals surface area (Å²) in [7, 11) is 1.12. The van der Waals surface area contributed by atoms with Gasteiger partial charge < -0.3 is 34.0 Å². The van der Waals surface area contributed by atoms with Crippen molar-refractivity contribution in [3.8, 4) is 0 Å². The Labute approximate surface area is 416 Å². The van der Waals surface area contributed by atoms with E-state index in [2.05, 4.69) is 31.3 Å². The summed E-state index contributed by atoms with van der Waals surface area (Å²) in [5, 5.41) is 24.7. The molecule has 0 radical (unpaired) electrons. The summed E-state index contributed by atoms with van der Waals surface area (Å²) >= 11 is 0. The van der Waals surface area contributed by atoms with Gasteiger partial charge in [0, 0.05) is 6.42 Å². The van der Waals surface area contributed by atoms with Crippen LogP contribution in [0.25, 0.3) is 0 Å². The summed E-state index contributed by atoms with van der Waals surface area (Å²) in [5.41, 5.74) is 0. The Morgan fingerprint density at radius 3 is 1.21 bits per heavy atom. The normalized spacial score (nSPS) is 14.4. The zero-order valence-electron chi connectivity index (χ0n) is 45.2. The van der Waals surface area contributed by atoms with Crippen LogP contribution in [0.5, 0.6) is 0 Å². The predicted molar refractivity (Wildman–Crippen MR) is 285 cm³/mol. The number of carbonyl (C=O) groups excluding carboxylic acids is 1. The highest BCUT2D eigenvalue weighted by Crippen LogP contribution is 2.38. The minimum absolute atomic E-state index is 0.0430. The lowest BCUT2D eigenvalue weighted by Gasteiger charge is -2.31. The highest BCUT2D eigenvalue weighted by Gasteiger charge is 2.29. The lowest BCUT2D eigenvalue weighted by atomic mass is 10.0. The molecule has 0 aromatic heterocycles. The van der Waals surface area contributed by atoms with Gasteiger partial charge in [0.05, 0.1) is 39.9 Å². The zero-order valence-corrected chi connectivity index (χ0v) is 46.1. The summed E-state index contributed by atoms with van der Waals surface area (Å²) in [6.45, 7) is 4.45. The van der Waals surface area contributed by atoms with Crippen LogP contribution in [0.1, 0.15) is 290 Å². The summed E-state index contributed by atoms with van der Waals surface area (Å²) in [6, 6.07) is -1.09. The van der Waals surface area contributed by atoms with Gasteiger partial charge in [-0.1, -0.05) is 257 Å². The molecule has 0 fully saturated rings. The molecule has 0 aliphatic carbocycles. The first-order chi connectivity index (χ1) is 32.4. The molecule has 0 saturated carbocycles. The minimum atomic E-state index is -4.67. The molecule has 0 heterocycles. The Hall–Kier alpha value is -0.800. The highest BCUT2D eigenvalue weighted by atomic mass is 31.2. The standard InChI is InChI=1S/C57H115N2O7P/c1-6-8-10-12-14-16-18-20-21-22-23-24-25-26-27-28-29-30-31-32-33-34-35-36-37-38-40-42-44-46-48-50-56(61)58-54(53-66-67(63,64)65-52-51-59(3,4)5)57(62)55(60)49-47-45-43-41-39-19-17-15-13-11-9-7-2/h41,43,54-55,57,60,62H,6-40,42,44-53H2,1-5H3,(H-,58,61,63,64)/b43-41+. The summed E-state index contributed by atoms with van der Waals surface area (Å²) in [5.74, 6) is -0.282. The Bertz CT molecular complexity index is 1120. The molecule has 0 spiro atoms. The van der Waals surface area contributed by atoms with Gasteiger partial charge in [-0.25, -0.2) is 0 Å². The number of phosphoric ester groups is 1. The maximum Gasteiger partial charge on any atom is 0.268 e. The fourth-order valence-corrected chi connectivity index (χ4v) is 9.69. The Morgan fingerprint density at radius 1 is 0.522 bits per heavy atom. The van der Waals surface area contributed by atoms with Crippen LogP contribution in [0.3, 0.4) is 0 Å². The zero-order chi connectivity index (χ0) is 49.4. The molecule has 9 nitrogen and oxygen atoms in total. The first kappa shape index (κ1) is 66.2. The second kappa shape index (κ2) is 48.8. The first-order valence-corrected chi connectivity index (χ1v) is 30.6. The van der Waals surface area contributed by atoms with Gasteiger partial charge in [-0.2, -0.15) is 0 Å². The van der Waals surface area contributed by atoms with Crippen molar-refractivity contribution in [2.75, 3.05) is 40.9 Å². The molecule has 0 saturated heterocycles. The molecule has 4 unspecified atom stereocenters. The second-order valence-electron chi connectivity index (χ2n) is 21.5. The van der Waals surface area contributed by atoms with Gasteiger partial charge in [0.1, 0.15) is 19.3 Å². The number of unbranched alkanes of at least 4 members (excludes halogenated alkanes) is 38. The van der Waals surface area contributed by atoms with Crippen LogP contribution in [0, 0.1) is 0 Å². The molecule has 0 aromatic carbocycles. The van der Waals surface area contributed by atoms with Gasteiger partial charge in [-0.05, 0) is 38.5 Å². The molecule has 67 heavy (non-hydrogen) atoms. The van der Waals surface area contributed by atoms with E-state index in [1.165, 1.54) is 225 Å². The smallest absolute Gasteiger partial charge is 0.268 e. The van der Waals surface area contributed by atoms with Crippen LogP contribution < -0.4 is 10.2 Å². The lowest BCUT2D eigenvalue weighted by molar-refractivity contribution is -0.870. The number of rotatable bonds is 54. The van der Waals surface area contributed by atoms with Gasteiger partial charge in [-0.3, -0.25) is 9.36 Å². The third kappa shape index (κ3) is 50.0. The third-order valence-corrected chi connectivity index (χ3v) is 14.6. The molecular formula is C57H115N2O7P. The van der Waals surface area contributed by atoms with Crippen molar-refractivity contribution in [3.63, 3.8) is 0 Å². The van der Waals surface area contributed by atoms with Crippen molar-refractivity contribution >= 4 is 13.7 Å². The van der Waals surface area contributed by atoms with Gasteiger partial charge in [0.15, 0.2) is 0 Å². The summed E-state index contributed by atoms with van der Waals surface area (Å²) < 4.78 is 23.2. The SMILES string of the molecule is CCCCCCCCC/C=C/CCCC(O)C(O)C(COP(=O)([O-])OCC[N+](C)(C)C)NC(=O)CCCCCCCCCCCCCCCCCCCCCCCCCCCCCCCCC. The molecule has 0 aliphatic rings. The number of hydrogen-bond acceptors (Lipinski definition) is 7. The first-order valence-electron chi connectivity index (χ1n) is 29.1. The number of aliphatic hydroxyl groups excluding tert-OH is 2. The minimum Gasteiger partial charge on any atom is -0.756 e. The average molecular weight is 972 g/mol. The van der Waals surface area contributed by atoms with Crippen LogP contribution in [-0.4, -0.2) is 79.8 Å². The van der Waals surface area contributed by atoms with E-state index in [0.29, 0.717) is 23.9 Å². The fourth-order valence-electron chi connectivity index (χ4n) is 8.96. The number of phosphoric acid groups is 1. The van der Waals surface area contributed by atoms with Gasteiger partial charge >= 0.3 is 0 Å². The topological polar surface area (TPSA) is 128 Å². The van der Waals surface area contributed by atoms with Gasteiger partial charge in [-0.15, -0.1) is 0 Å². The van der Waals surface area contributed by atoms with E-state index >= 15 is 0 Å². The number of nitrogens with one attached hydrogen (secondary N) is 1. The molecule has 0 bridgehead atoms. The molecule has 0 aromatic rings. The van der Waals surface area contributed by atoms with Crippen molar-refractivity contribution in [2.24, 2.45) is 0 Å². The van der Waals surface area contributed by atoms with Crippen LogP contribution in [0.4, 0.5) is 0 Å². The second-order valence-corrected chi connectivity index (χ2v) is 22.9. The number of likely N-dealkylation sites (N-methyl/N-ethyl adjacent to an activating group) is 1. The van der Waals surface area contributed by atoms with E-state index in [4.69, 9.17) is 9.05 Å². The molecule has 3 N–H and O–H groups in total. The molecular weight excluding hydrogens is 856 g/mol. The largest absolute Gasteiger partial charge is 0.756 e. The number of hydrogen-bond donors (Lipinski definition) is 3. The molecule has 0 aliphatic heterocycles. The number of amides is 1. The average Bonchev–Trinajstić information content (AvgIpc) is 3.29. The van der Waals surface area contributed by atoms with E-state index in [9.17, 15) is 24.5 Å². The fraction of sp³-hybridized carbons (Fsp3) is 0.947. The highest BCUT2D eigenvalue weighted by molar-refractivity contribution is 7.45. The number of quaternary nitrogens is 1. The molecule has 1 amide bonds. The summed E-state index contributed by atoms with van der Waals surface area (Å²) in [6.07, 6.45) is 55.8. The number of carbonyl (C=O) groups is 1. The van der Waals surface area contributed by atoms with Crippen molar-refractivity contribution < 1.29 is 38.0 Å². The molecule has 400 valence electrons. The molecule has 4 atom stereocenters. The third-order valence-electron chi connectivity index (χ3n) is 13.6. The van der Waals surface area contributed by atoms with E-state index in [1.807, 2.05) is 21.1 Å². The van der Waals surface area contributed by atoms with Crippen LogP contribution in [0.2, 0.25) is 0 Å². The quantitative estimate of drug-likeness (QED) is 0.0240. The Kier molecular flexibility index (Phi) is 48.2. The Balaban J connectivity index is 4.06. The number of aliphatic hydroxyl groups is 2. The predicted octanol–water partition coefficient (Wildman–Crippen LogP) is 15.8. The van der Waals surface area contributed by atoms with Gasteiger partial charge in [0.25, 0.3) is 7.82 Å². The maximum atomic E-state index is 13.0. The van der Waals surface area contributed by atoms with E-state index in [1.54, 1.807) is 0 Å². The molecule has 10 heteroatoms. The van der Waals surface area contributed by atoms with E-state index < -0.39 is 32.7 Å². The maximum absolute atomic E-state index is 13.0. The molecule has 0 rings (SSSR count). The lowest BCUT2D eigenvalue weighted by Crippen LogP contribution is -2.51. The van der Waals surface area contributed by atoms with E-state index in [-0.39, 0.29) is 18.9 Å². The van der Waals surface area contributed by atoms with Crippen molar-refractivity contribution in [1.29, 1.82) is 0 Å². The Morgan fingerprint density at radius 2 is 0.851 bits per heavy atom. The number of allylic oxidation sites excluding steroid dienone is 2.